The Hall–Kier alpha value is -1.79. The average Bonchev–Trinajstić information content (AvgIpc) is 2.82. The number of rotatable bonds is 3. The molecule has 2 heterocycles. The van der Waals surface area contributed by atoms with E-state index in [1.165, 1.54) is 0 Å². The molecule has 3 rings (SSSR count). The normalized spacial score (nSPS) is 11.1. The van der Waals surface area contributed by atoms with Crippen molar-refractivity contribution in [1.29, 1.82) is 0 Å². The van der Waals surface area contributed by atoms with Crippen molar-refractivity contribution < 1.29 is 0 Å². The fraction of sp³-hybridized carbons (Fsp3) is 0.154. The van der Waals surface area contributed by atoms with Crippen LogP contribution in [0.4, 0.5) is 0 Å². The van der Waals surface area contributed by atoms with Crippen LogP contribution in [0.1, 0.15) is 5.82 Å². The molecule has 0 aliphatic rings. The number of fused-ring (bicyclic) bond motifs is 1. The van der Waals surface area contributed by atoms with Gasteiger partial charge in [0.15, 0.2) is 11.5 Å². The highest BCUT2D eigenvalue weighted by molar-refractivity contribution is 9.10. The number of aromatic nitrogens is 4. The van der Waals surface area contributed by atoms with Gasteiger partial charge in [-0.3, -0.25) is 0 Å². The van der Waals surface area contributed by atoms with Crippen LogP contribution < -0.4 is 5.73 Å². The number of benzene rings is 1. The van der Waals surface area contributed by atoms with Crippen LogP contribution in [0, 0.1) is 0 Å². The Morgan fingerprint density at radius 1 is 1.11 bits per heavy atom. The summed E-state index contributed by atoms with van der Waals surface area (Å²) in [4.78, 5) is 0. The summed E-state index contributed by atoms with van der Waals surface area (Å²) in [6, 6.07) is 11.8. The standard InChI is InChI=1S/C13H12BrN5/c14-10-4-2-1-3-9(10)11-5-6-12-16-17-13(7-8-15)19(12)18-11/h1-6H,7-8,15H2. The molecule has 0 atom stereocenters. The van der Waals surface area contributed by atoms with Crippen LogP contribution in [0.15, 0.2) is 40.9 Å². The summed E-state index contributed by atoms with van der Waals surface area (Å²) in [5.41, 5.74) is 8.21. The van der Waals surface area contributed by atoms with Gasteiger partial charge < -0.3 is 5.73 Å². The zero-order valence-corrected chi connectivity index (χ0v) is 11.7. The first kappa shape index (κ1) is 12.3. The van der Waals surface area contributed by atoms with Crippen molar-refractivity contribution in [3.05, 3.63) is 46.7 Å². The second-order valence-electron chi connectivity index (χ2n) is 4.12. The van der Waals surface area contributed by atoms with Crippen molar-refractivity contribution in [3.8, 4) is 11.3 Å². The lowest BCUT2D eigenvalue weighted by atomic mass is 10.1. The van der Waals surface area contributed by atoms with E-state index in [2.05, 4.69) is 31.2 Å². The van der Waals surface area contributed by atoms with Gasteiger partial charge in [-0.05, 0) is 24.7 Å². The minimum Gasteiger partial charge on any atom is -0.330 e. The zero-order valence-electron chi connectivity index (χ0n) is 10.1. The molecule has 0 amide bonds. The van der Waals surface area contributed by atoms with Crippen LogP contribution in [0.5, 0.6) is 0 Å². The molecule has 0 aliphatic carbocycles. The van der Waals surface area contributed by atoms with E-state index in [1.54, 1.807) is 4.52 Å². The summed E-state index contributed by atoms with van der Waals surface area (Å²) in [5.74, 6) is 0.784. The molecule has 0 spiro atoms. The summed E-state index contributed by atoms with van der Waals surface area (Å²) >= 11 is 3.54. The molecule has 0 aliphatic heterocycles. The summed E-state index contributed by atoms with van der Waals surface area (Å²) in [5, 5.41) is 12.8. The number of hydrogen-bond donors (Lipinski definition) is 1. The van der Waals surface area contributed by atoms with Crippen molar-refractivity contribution >= 4 is 21.6 Å². The Morgan fingerprint density at radius 3 is 2.74 bits per heavy atom. The summed E-state index contributed by atoms with van der Waals surface area (Å²) in [7, 11) is 0. The van der Waals surface area contributed by atoms with Crippen molar-refractivity contribution in [2.45, 2.75) is 6.42 Å². The Morgan fingerprint density at radius 2 is 1.95 bits per heavy atom. The van der Waals surface area contributed by atoms with E-state index in [0.717, 1.165) is 27.2 Å². The fourth-order valence-electron chi connectivity index (χ4n) is 1.93. The van der Waals surface area contributed by atoms with E-state index in [4.69, 9.17) is 5.73 Å². The molecular formula is C13H12BrN5. The highest BCUT2D eigenvalue weighted by Gasteiger charge is 2.09. The van der Waals surface area contributed by atoms with Gasteiger partial charge in [0.25, 0.3) is 0 Å². The molecule has 1 aromatic carbocycles. The Labute approximate surface area is 118 Å². The first-order valence-corrected chi connectivity index (χ1v) is 6.75. The van der Waals surface area contributed by atoms with Crippen LogP contribution in [0.25, 0.3) is 16.9 Å². The van der Waals surface area contributed by atoms with Gasteiger partial charge in [-0.1, -0.05) is 34.1 Å². The molecule has 0 saturated heterocycles. The molecular weight excluding hydrogens is 306 g/mol. The zero-order chi connectivity index (χ0) is 13.2. The lowest BCUT2D eigenvalue weighted by Crippen LogP contribution is -2.08. The highest BCUT2D eigenvalue weighted by atomic mass is 79.9. The summed E-state index contributed by atoms with van der Waals surface area (Å²) in [6.07, 6.45) is 0.660. The minimum absolute atomic E-state index is 0.529. The molecule has 19 heavy (non-hydrogen) atoms. The van der Waals surface area contributed by atoms with Crippen molar-refractivity contribution in [2.75, 3.05) is 6.54 Å². The highest BCUT2D eigenvalue weighted by Crippen LogP contribution is 2.26. The van der Waals surface area contributed by atoms with Crippen molar-refractivity contribution in [3.63, 3.8) is 0 Å². The van der Waals surface area contributed by atoms with Crippen molar-refractivity contribution in [2.24, 2.45) is 5.73 Å². The third-order valence-electron chi connectivity index (χ3n) is 2.85. The quantitative estimate of drug-likeness (QED) is 0.802. The van der Waals surface area contributed by atoms with Gasteiger partial charge in [-0.15, -0.1) is 10.2 Å². The third kappa shape index (κ3) is 2.24. The Balaban J connectivity index is 2.15. The Bertz CT molecular complexity index is 722. The number of halogens is 1. The summed E-state index contributed by atoms with van der Waals surface area (Å²) < 4.78 is 2.76. The van der Waals surface area contributed by atoms with E-state index in [1.807, 2.05) is 36.4 Å². The van der Waals surface area contributed by atoms with E-state index < -0.39 is 0 Å². The van der Waals surface area contributed by atoms with E-state index in [9.17, 15) is 0 Å². The van der Waals surface area contributed by atoms with Gasteiger partial charge in [0.1, 0.15) is 0 Å². The predicted octanol–water partition coefficient (Wildman–Crippen LogP) is 2.05. The number of nitrogens with zero attached hydrogens (tertiary/aromatic N) is 4. The number of hydrogen-bond acceptors (Lipinski definition) is 4. The maximum Gasteiger partial charge on any atom is 0.177 e. The van der Waals surface area contributed by atoms with Crippen LogP contribution in [0.2, 0.25) is 0 Å². The van der Waals surface area contributed by atoms with Crippen LogP contribution >= 0.6 is 15.9 Å². The third-order valence-corrected chi connectivity index (χ3v) is 3.54. The maximum atomic E-state index is 5.57. The molecule has 2 N–H and O–H groups in total. The molecule has 6 heteroatoms. The van der Waals surface area contributed by atoms with E-state index in [0.29, 0.717) is 13.0 Å². The molecule has 2 aromatic heterocycles. The van der Waals surface area contributed by atoms with Gasteiger partial charge >= 0.3 is 0 Å². The molecule has 0 radical (unpaired) electrons. The van der Waals surface area contributed by atoms with Gasteiger partial charge in [-0.2, -0.15) is 9.61 Å². The van der Waals surface area contributed by atoms with E-state index >= 15 is 0 Å². The molecule has 0 unspecified atom stereocenters. The fourth-order valence-corrected chi connectivity index (χ4v) is 2.42. The van der Waals surface area contributed by atoms with Gasteiger partial charge in [0, 0.05) is 16.5 Å². The van der Waals surface area contributed by atoms with Gasteiger partial charge in [-0.25, -0.2) is 0 Å². The lowest BCUT2D eigenvalue weighted by molar-refractivity contribution is 0.793. The van der Waals surface area contributed by atoms with Gasteiger partial charge in [0.2, 0.25) is 0 Å². The molecule has 0 bridgehead atoms. The SMILES string of the molecule is NCCc1nnc2ccc(-c3ccccc3Br)nn12. The van der Waals surface area contributed by atoms with Crippen LogP contribution in [-0.4, -0.2) is 26.4 Å². The van der Waals surface area contributed by atoms with Crippen molar-refractivity contribution in [1.82, 2.24) is 19.8 Å². The van der Waals surface area contributed by atoms with E-state index in [-0.39, 0.29) is 0 Å². The van der Waals surface area contributed by atoms with Gasteiger partial charge in [0.05, 0.1) is 5.69 Å². The first-order valence-electron chi connectivity index (χ1n) is 5.96. The largest absolute Gasteiger partial charge is 0.330 e. The maximum absolute atomic E-state index is 5.57. The minimum atomic E-state index is 0.529. The smallest absolute Gasteiger partial charge is 0.177 e. The molecule has 3 aromatic rings. The second-order valence-corrected chi connectivity index (χ2v) is 4.98. The van der Waals surface area contributed by atoms with Crippen LogP contribution in [0.3, 0.4) is 0 Å². The average molecular weight is 318 g/mol. The predicted molar refractivity (Wildman–Crippen MR) is 76.7 cm³/mol. The lowest BCUT2D eigenvalue weighted by Gasteiger charge is -2.04. The Kier molecular flexibility index (Phi) is 3.27. The topological polar surface area (TPSA) is 69.1 Å². The number of nitrogens with two attached hydrogens (primary N) is 1. The first-order chi connectivity index (χ1) is 9.29. The molecule has 96 valence electrons. The molecule has 5 nitrogen and oxygen atoms in total. The van der Waals surface area contributed by atoms with Crippen LogP contribution in [-0.2, 0) is 6.42 Å². The molecule has 0 saturated carbocycles. The summed E-state index contributed by atoms with van der Waals surface area (Å²) in [6.45, 7) is 0.529. The second kappa shape index (κ2) is 5.07. The monoisotopic (exact) mass is 317 g/mol. The molecule has 0 fully saturated rings.